The Morgan fingerprint density at radius 2 is 2.05 bits per heavy atom. The van der Waals surface area contributed by atoms with Gasteiger partial charge in [-0.15, -0.1) is 0 Å². The van der Waals surface area contributed by atoms with Gasteiger partial charge in [-0.2, -0.15) is 0 Å². The van der Waals surface area contributed by atoms with E-state index in [2.05, 4.69) is 12.2 Å². The fourth-order valence-corrected chi connectivity index (χ4v) is 2.78. The van der Waals surface area contributed by atoms with Gasteiger partial charge in [-0.1, -0.05) is 11.6 Å². The summed E-state index contributed by atoms with van der Waals surface area (Å²) in [5.74, 6) is 0.724. The molecule has 1 unspecified atom stereocenters. The predicted octanol–water partition coefficient (Wildman–Crippen LogP) is 3.88. The number of ether oxygens (including phenoxy) is 1. The molecule has 21 heavy (non-hydrogen) atoms. The Kier molecular flexibility index (Phi) is 5.34. The summed E-state index contributed by atoms with van der Waals surface area (Å²) in [6.07, 6.45) is 3.35. The molecule has 0 radical (unpaired) electrons. The average Bonchev–Trinajstić information content (AvgIpc) is 2.45. The number of amides is 2. The smallest absolute Gasteiger partial charge is 0.320 e. The number of hydrogen-bond acceptors (Lipinski definition) is 2. The van der Waals surface area contributed by atoms with E-state index in [1.54, 1.807) is 0 Å². The second-order valence-corrected chi connectivity index (χ2v) is 6.06. The molecule has 116 valence electrons. The first-order valence-electron chi connectivity index (χ1n) is 7.43. The van der Waals surface area contributed by atoms with Gasteiger partial charge >= 0.3 is 6.03 Å². The number of halogens is 1. The zero-order chi connectivity index (χ0) is 15.4. The maximum atomic E-state index is 12.1. The molecule has 2 amide bonds. The molecule has 0 aromatic heterocycles. The molecule has 1 aliphatic rings. The molecule has 1 aromatic carbocycles. The fraction of sp³-hybridized carbons (Fsp3) is 0.562. The van der Waals surface area contributed by atoms with Gasteiger partial charge in [-0.25, -0.2) is 4.79 Å². The van der Waals surface area contributed by atoms with Crippen LogP contribution in [0.1, 0.15) is 37.3 Å². The van der Waals surface area contributed by atoms with Gasteiger partial charge in [-0.05, 0) is 63.3 Å². The van der Waals surface area contributed by atoms with Crippen LogP contribution in [0, 0.1) is 13.8 Å². The van der Waals surface area contributed by atoms with Crippen molar-refractivity contribution in [3.05, 3.63) is 28.3 Å². The predicted molar refractivity (Wildman–Crippen MR) is 85.0 cm³/mol. The Labute approximate surface area is 131 Å². The van der Waals surface area contributed by atoms with Crippen molar-refractivity contribution in [2.45, 2.75) is 46.1 Å². The molecule has 1 heterocycles. The summed E-state index contributed by atoms with van der Waals surface area (Å²) in [5.41, 5.74) is 1.95. The van der Waals surface area contributed by atoms with Gasteiger partial charge in [0.1, 0.15) is 5.75 Å². The van der Waals surface area contributed by atoms with E-state index in [4.69, 9.17) is 16.3 Å². The van der Waals surface area contributed by atoms with Crippen LogP contribution in [0.4, 0.5) is 4.79 Å². The summed E-state index contributed by atoms with van der Waals surface area (Å²) in [6.45, 7) is 6.96. The monoisotopic (exact) mass is 310 g/mol. The minimum Gasteiger partial charge on any atom is -0.473 e. The Hall–Kier alpha value is -1.42. The van der Waals surface area contributed by atoms with Crippen LogP contribution in [-0.4, -0.2) is 30.2 Å². The van der Waals surface area contributed by atoms with E-state index < -0.39 is 0 Å². The van der Waals surface area contributed by atoms with Crippen LogP contribution in [0.2, 0.25) is 5.02 Å². The number of hydrogen-bond donors (Lipinski definition) is 1. The quantitative estimate of drug-likeness (QED) is 0.861. The third-order valence-electron chi connectivity index (χ3n) is 3.94. The number of likely N-dealkylation sites (tertiary alicyclic amines) is 1. The highest BCUT2D eigenvalue weighted by Gasteiger charge is 2.22. The molecule has 5 heteroatoms. The van der Waals surface area contributed by atoms with E-state index in [9.17, 15) is 4.79 Å². The van der Waals surface area contributed by atoms with Crippen molar-refractivity contribution in [2.24, 2.45) is 0 Å². The number of nitrogens with zero attached hydrogens (tertiary/aromatic N) is 1. The number of carbonyl (C=O) groups excluding carboxylic acids is 1. The van der Waals surface area contributed by atoms with Crippen molar-refractivity contribution in [3.8, 4) is 5.75 Å². The van der Waals surface area contributed by atoms with Gasteiger partial charge in [0.2, 0.25) is 0 Å². The third-order valence-corrected chi connectivity index (χ3v) is 4.53. The molecule has 4 nitrogen and oxygen atoms in total. The van der Waals surface area contributed by atoms with Gasteiger partial charge in [0.25, 0.3) is 0 Å². The van der Waals surface area contributed by atoms with E-state index in [1.807, 2.05) is 30.9 Å². The molecule has 1 N–H and O–H groups in total. The van der Waals surface area contributed by atoms with Crippen molar-refractivity contribution in [3.63, 3.8) is 0 Å². The summed E-state index contributed by atoms with van der Waals surface area (Å²) in [6, 6.07) is 4.01. The Bertz CT molecular complexity index is 496. The molecule has 2 rings (SSSR count). The molecule has 0 spiro atoms. The van der Waals surface area contributed by atoms with Gasteiger partial charge in [0.15, 0.2) is 6.73 Å². The zero-order valence-electron chi connectivity index (χ0n) is 12.9. The van der Waals surface area contributed by atoms with Gasteiger partial charge in [0.05, 0.1) is 0 Å². The summed E-state index contributed by atoms with van der Waals surface area (Å²) < 4.78 is 5.60. The lowest BCUT2D eigenvalue weighted by molar-refractivity contribution is 0.149. The second kappa shape index (κ2) is 7.03. The summed E-state index contributed by atoms with van der Waals surface area (Å²) in [7, 11) is 0. The number of piperidine rings is 1. The minimum absolute atomic E-state index is 0.0513. The zero-order valence-corrected chi connectivity index (χ0v) is 13.7. The van der Waals surface area contributed by atoms with Crippen LogP contribution in [-0.2, 0) is 0 Å². The van der Waals surface area contributed by atoms with E-state index in [-0.39, 0.29) is 12.8 Å². The Morgan fingerprint density at radius 1 is 1.38 bits per heavy atom. The standard InChI is InChI=1S/C16H23ClN2O2/c1-11-8-14(9-12(2)15(11)17)21-10-18-16(20)19-7-5-4-6-13(19)3/h8-9,13H,4-7,10H2,1-3H3,(H,18,20). The maximum absolute atomic E-state index is 12.1. The molecule has 1 aromatic rings. The first kappa shape index (κ1) is 16.0. The highest BCUT2D eigenvalue weighted by atomic mass is 35.5. The fourth-order valence-electron chi connectivity index (χ4n) is 2.67. The first-order valence-corrected chi connectivity index (χ1v) is 7.81. The molecular formula is C16H23ClN2O2. The van der Waals surface area contributed by atoms with Crippen molar-refractivity contribution >= 4 is 17.6 Å². The van der Waals surface area contributed by atoms with Gasteiger partial charge in [0, 0.05) is 17.6 Å². The van der Waals surface area contributed by atoms with E-state index >= 15 is 0 Å². The molecule has 1 aliphatic heterocycles. The van der Waals surface area contributed by atoms with Crippen LogP contribution in [0.3, 0.4) is 0 Å². The Balaban J connectivity index is 1.85. The van der Waals surface area contributed by atoms with Crippen LogP contribution in [0.5, 0.6) is 5.75 Å². The summed E-state index contributed by atoms with van der Waals surface area (Å²) >= 11 is 6.12. The van der Waals surface area contributed by atoms with E-state index in [0.717, 1.165) is 41.3 Å². The Morgan fingerprint density at radius 3 is 2.67 bits per heavy atom. The third kappa shape index (κ3) is 4.03. The highest BCUT2D eigenvalue weighted by molar-refractivity contribution is 6.32. The number of rotatable bonds is 3. The van der Waals surface area contributed by atoms with Gasteiger partial charge in [-0.3, -0.25) is 0 Å². The largest absolute Gasteiger partial charge is 0.473 e. The normalized spacial score (nSPS) is 18.5. The second-order valence-electron chi connectivity index (χ2n) is 5.68. The first-order chi connectivity index (χ1) is 9.99. The lowest BCUT2D eigenvalue weighted by Gasteiger charge is -2.33. The van der Waals surface area contributed by atoms with E-state index in [1.165, 1.54) is 6.42 Å². The molecule has 1 atom stereocenters. The van der Waals surface area contributed by atoms with Crippen molar-refractivity contribution < 1.29 is 9.53 Å². The van der Waals surface area contributed by atoms with Gasteiger partial charge < -0.3 is 15.0 Å². The van der Waals surface area contributed by atoms with Crippen LogP contribution in [0.15, 0.2) is 12.1 Å². The van der Waals surface area contributed by atoms with Crippen molar-refractivity contribution in [1.29, 1.82) is 0 Å². The van der Waals surface area contributed by atoms with Crippen molar-refractivity contribution in [2.75, 3.05) is 13.3 Å². The molecule has 1 fully saturated rings. The lowest BCUT2D eigenvalue weighted by Crippen LogP contribution is -2.48. The number of nitrogens with one attached hydrogen (secondary N) is 1. The SMILES string of the molecule is Cc1cc(OCNC(=O)N2CCCCC2C)cc(C)c1Cl. The van der Waals surface area contributed by atoms with Crippen LogP contribution >= 0.6 is 11.6 Å². The van der Waals surface area contributed by atoms with E-state index in [0.29, 0.717) is 6.04 Å². The maximum Gasteiger partial charge on any atom is 0.320 e. The average molecular weight is 311 g/mol. The van der Waals surface area contributed by atoms with Crippen LogP contribution < -0.4 is 10.1 Å². The van der Waals surface area contributed by atoms with Crippen molar-refractivity contribution in [1.82, 2.24) is 10.2 Å². The molecule has 1 saturated heterocycles. The number of benzene rings is 1. The molecule has 0 bridgehead atoms. The summed E-state index contributed by atoms with van der Waals surface area (Å²) in [4.78, 5) is 14.0. The molecule has 0 saturated carbocycles. The number of urea groups is 1. The lowest BCUT2D eigenvalue weighted by atomic mass is 10.0. The summed E-state index contributed by atoms with van der Waals surface area (Å²) in [5, 5.41) is 3.57. The number of aryl methyl sites for hydroxylation is 2. The van der Waals surface area contributed by atoms with Crippen LogP contribution in [0.25, 0.3) is 0 Å². The molecule has 0 aliphatic carbocycles. The minimum atomic E-state index is -0.0513. The topological polar surface area (TPSA) is 41.6 Å². The number of carbonyl (C=O) groups is 1. The molecular weight excluding hydrogens is 288 g/mol. The highest BCUT2D eigenvalue weighted by Crippen LogP contribution is 2.25.